The van der Waals surface area contributed by atoms with Crippen LogP contribution in [0.5, 0.6) is 11.5 Å². The molecule has 2 aromatic carbocycles. The van der Waals surface area contributed by atoms with Crippen molar-refractivity contribution in [2.75, 3.05) is 7.11 Å². The van der Waals surface area contributed by atoms with Gasteiger partial charge < -0.3 is 24.8 Å². The van der Waals surface area contributed by atoms with Crippen LogP contribution in [0.25, 0.3) is 0 Å². The average molecular weight is 444 g/mol. The van der Waals surface area contributed by atoms with Gasteiger partial charge in [0.1, 0.15) is 17.6 Å². The van der Waals surface area contributed by atoms with Gasteiger partial charge in [-0.05, 0) is 23.3 Å². The predicted octanol–water partition coefficient (Wildman–Crippen LogP) is 2.30. The van der Waals surface area contributed by atoms with Crippen molar-refractivity contribution < 1.29 is 29.6 Å². The summed E-state index contributed by atoms with van der Waals surface area (Å²) in [5.41, 5.74) is -2.40. The number of pyridine rings is 1. The maximum atomic E-state index is 12.5. The Morgan fingerprint density at radius 1 is 1.15 bits per heavy atom. The summed E-state index contributed by atoms with van der Waals surface area (Å²) in [6, 6.07) is 17.2. The number of nitrogens with zero attached hydrogens (tertiary/aromatic N) is 2. The lowest BCUT2D eigenvalue weighted by atomic mass is 9.70. The number of rotatable bonds is 4. The number of ether oxygens (including phenoxy) is 2. The quantitative estimate of drug-likeness (QED) is 0.558. The number of carboxylic acid groups (broad SMARTS) is 1. The molecule has 0 saturated heterocycles. The number of nitriles is 1. The summed E-state index contributed by atoms with van der Waals surface area (Å²) >= 11 is 0. The number of fused-ring (bicyclic) bond motifs is 3. The summed E-state index contributed by atoms with van der Waals surface area (Å²) in [5, 5.41) is 43.3. The minimum atomic E-state index is -2.19. The summed E-state index contributed by atoms with van der Waals surface area (Å²) < 4.78 is 11.9. The van der Waals surface area contributed by atoms with Crippen LogP contribution in [0.1, 0.15) is 28.2 Å². The predicted molar refractivity (Wildman–Crippen MR) is 114 cm³/mol. The molecule has 1 fully saturated rings. The average Bonchev–Trinajstić information content (AvgIpc) is 3.23. The van der Waals surface area contributed by atoms with Crippen molar-refractivity contribution >= 4 is 5.97 Å². The second-order valence-corrected chi connectivity index (χ2v) is 8.21. The van der Waals surface area contributed by atoms with Gasteiger partial charge in [-0.25, -0.2) is 0 Å². The fraction of sp³-hybridized carbons (Fsp3) is 0.240. The maximum absolute atomic E-state index is 12.5. The fourth-order valence-electron chi connectivity index (χ4n) is 5.46. The smallest absolute Gasteiger partial charge is 0.310 e. The largest absolute Gasteiger partial charge is 0.495 e. The van der Waals surface area contributed by atoms with Crippen molar-refractivity contribution in [3.63, 3.8) is 0 Å². The summed E-state index contributed by atoms with van der Waals surface area (Å²) in [6.45, 7) is 0. The van der Waals surface area contributed by atoms with Crippen LogP contribution in [0, 0.1) is 17.2 Å². The summed E-state index contributed by atoms with van der Waals surface area (Å²) in [5.74, 6) is -3.31. The molecule has 8 nitrogen and oxygen atoms in total. The highest BCUT2D eigenvalue weighted by atomic mass is 16.5. The molecule has 0 amide bonds. The van der Waals surface area contributed by atoms with Crippen LogP contribution >= 0.6 is 0 Å². The van der Waals surface area contributed by atoms with Crippen LogP contribution in [-0.4, -0.2) is 39.5 Å². The van der Waals surface area contributed by atoms with Crippen LogP contribution in [-0.2, 0) is 16.0 Å². The summed E-state index contributed by atoms with van der Waals surface area (Å²) in [7, 11) is 1.40. The molecule has 0 spiro atoms. The van der Waals surface area contributed by atoms with Gasteiger partial charge in [-0.15, -0.1) is 0 Å². The Bertz CT molecular complexity index is 1270. The van der Waals surface area contributed by atoms with E-state index < -0.39 is 35.1 Å². The molecular weight excluding hydrogens is 424 g/mol. The van der Waals surface area contributed by atoms with Gasteiger partial charge in [0.2, 0.25) is 0 Å². The van der Waals surface area contributed by atoms with Crippen molar-refractivity contribution in [1.29, 1.82) is 5.26 Å². The van der Waals surface area contributed by atoms with E-state index in [4.69, 9.17) is 9.47 Å². The molecule has 1 aromatic heterocycles. The van der Waals surface area contributed by atoms with Crippen molar-refractivity contribution in [1.82, 2.24) is 4.98 Å². The molecule has 33 heavy (non-hydrogen) atoms. The lowest BCUT2D eigenvalue weighted by Crippen LogP contribution is -2.52. The highest BCUT2D eigenvalue weighted by molar-refractivity contribution is 5.76. The van der Waals surface area contributed by atoms with E-state index in [1.54, 1.807) is 54.6 Å². The van der Waals surface area contributed by atoms with Gasteiger partial charge in [-0.3, -0.25) is 9.78 Å². The van der Waals surface area contributed by atoms with Gasteiger partial charge in [-0.1, -0.05) is 42.5 Å². The molecule has 1 saturated carbocycles. The van der Waals surface area contributed by atoms with E-state index >= 15 is 0 Å². The third-order valence-corrected chi connectivity index (χ3v) is 6.77. The van der Waals surface area contributed by atoms with E-state index in [9.17, 15) is 25.4 Å². The number of aliphatic hydroxyl groups excluding tert-OH is 1. The molecule has 3 N–H and O–H groups in total. The molecule has 5 rings (SSSR count). The van der Waals surface area contributed by atoms with E-state index in [0.29, 0.717) is 16.7 Å². The van der Waals surface area contributed by atoms with Gasteiger partial charge in [0.25, 0.3) is 0 Å². The molecule has 1 aliphatic carbocycles. The first-order valence-electron chi connectivity index (χ1n) is 10.3. The molecule has 2 heterocycles. The normalized spacial score (nSPS) is 29.5. The number of aliphatic carboxylic acids is 1. The zero-order valence-corrected chi connectivity index (χ0v) is 17.5. The fourth-order valence-corrected chi connectivity index (χ4v) is 5.46. The van der Waals surface area contributed by atoms with E-state index in [1.165, 1.54) is 19.5 Å². The highest BCUT2D eigenvalue weighted by Gasteiger charge is 2.78. The zero-order chi connectivity index (χ0) is 23.4. The minimum Gasteiger partial charge on any atom is -0.495 e. The highest BCUT2D eigenvalue weighted by Crippen LogP contribution is 2.69. The van der Waals surface area contributed by atoms with Crippen LogP contribution in [0.15, 0.2) is 67.0 Å². The molecule has 5 atom stereocenters. The van der Waals surface area contributed by atoms with E-state index in [1.807, 2.05) is 6.07 Å². The minimum absolute atomic E-state index is 0.140. The second kappa shape index (κ2) is 7.30. The van der Waals surface area contributed by atoms with Crippen LogP contribution in [0.3, 0.4) is 0 Å². The number of aliphatic hydroxyl groups is 2. The Morgan fingerprint density at radius 3 is 2.45 bits per heavy atom. The zero-order valence-electron chi connectivity index (χ0n) is 17.5. The van der Waals surface area contributed by atoms with Crippen molar-refractivity contribution in [3.8, 4) is 17.6 Å². The van der Waals surface area contributed by atoms with Gasteiger partial charge >= 0.3 is 5.97 Å². The van der Waals surface area contributed by atoms with E-state index in [2.05, 4.69) is 4.98 Å². The number of carbonyl (C=O) groups is 1. The van der Waals surface area contributed by atoms with Crippen molar-refractivity contribution in [2.24, 2.45) is 5.92 Å². The van der Waals surface area contributed by atoms with Gasteiger partial charge in [0.05, 0.1) is 42.6 Å². The Balaban J connectivity index is 1.89. The topological polar surface area (TPSA) is 133 Å². The SMILES string of the molecule is COc1cncc2c1[C@]1(O)[C@H](O)[C@H](C(=O)O)C(c3ccccc3)[C@]1(c1ccc(C#N)cc1)O2. The number of hydrogen-bond donors (Lipinski definition) is 3. The van der Waals surface area contributed by atoms with E-state index in [-0.39, 0.29) is 17.1 Å². The molecule has 1 aliphatic heterocycles. The molecule has 0 bridgehead atoms. The first kappa shape index (κ1) is 20.9. The Kier molecular flexibility index (Phi) is 4.64. The molecule has 1 unspecified atom stereocenters. The molecule has 166 valence electrons. The third kappa shape index (κ3) is 2.58. The van der Waals surface area contributed by atoms with Gasteiger partial charge in [-0.2, -0.15) is 5.26 Å². The van der Waals surface area contributed by atoms with Crippen molar-refractivity contribution in [3.05, 3.63) is 89.2 Å². The number of benzene rings is 2. The van der Waals surface area contributed by atoms with Crippen molar-refractivity contribution in [2.45, 2.75) is 23.2 Å². The first-order chi connectivity index (χ1) is 15.9. The number of methoxy groups -OCH3 is 1. The monoisotopic (exact) mass is 444 g/mol. The summed E-state index contributed by atoms with van der Waals surface area (Å²) in [6.07, 6.45) is 1.05. The maximum Gasteiger partial charge on any atom is 0.310 e. The molecule has 0 radical (unpaired) electrons. The van der Waals surface area contributed by atoms with Crippen LogP contribution < -0.4 is 9.47 Å². The molecular formula is C25H20N2O6. The lowest BCUT2D eigenvalue weighted by Gasteiger charge is -2.40. The van der Waals surface area contributed by atoms with Gasteiger partial charge in [0, 0.05) is 5.92 Å². The van der Waals surface area contributed by atoms with Gasteiger partial charge in [0.15, 0.2) is 11.2 Å². The number of aromatic nitrogens is 1. The van der Waals surface area contributed by atoms with E-state index in [0.717, 1.165) is 0 Å². The van der Waals surface area contributed by atoms with Crippen LogP contribution in [0.4, 0.5) is 0 Å². The number of carboxylic acids is 1. The molecule has 3 aromatic rings. The number of hydrogen-bond acceptors (Lipinski definition) is 7. The standard InChI is InChI=1S/C25H20N2O6/c1-32-17-12-27-13-18-21(17)24(31)22(28)19(23(29)30)20(15-5-3-2-4-6-15)25(24,33-18)16-9-7-14(11-26)8-10-16/h2-10,12-13,19-20,22,28,31H,1H3,(H,29,30)/t19-,20?,22-,24+,25+/m1/s1. The Hall–Kier alpha value is -3.93. The lowest BCUT2D eigenvalue weighted by molar-refractivity contribution is -0.159. The second-order valence-electron chi connectivity index (χ2n) is 8.21. The summed E-state index contributed by atoms with van der Waals surface area (Å²) in [4.78, 5) is 16.6. The third-order valence-electron chi connectivity index (χ3n) is 6.77. The Labute approximate surface area is 189 Å². The Morgan fingerprint density at radius 2 is 1.85 bits per heavy atom. The van der Waals surface area contributed by atoms with Crippen LogP contribution in [0.2, 0.25) is 0 Å². The molecule has 2 aliphatic rings. The molecule has 8 heteroatoms. The first-order valence-corrected chi connectivity index (χ1v) is 10.3.